The van der Waals surface area contributed by atoms with Crippen molar-refractivity contribution in [1.29, 1.82) is 0 Å². The van der Waals surface area contributed by atoms with E-state index in [0.717, 1.165) is 5.56 Å². The molecule has 128 valence electrons. The Kier molecular flexibility index (Phi) is 4.72. The Hall–Kier alpha value is -2.86. The number of nitrogens with one attached hydrogen (secondary N) is 3. The van der Waals surface area contributed by atoms with E-state index in [-0.39, 0.29) is 11.7 Å². The molecule has 1 aliphatic rings. The lowest BCUT2D eigenvalue weighted by molar-refractivity contribution is -0.119. The molecule has 0 spiro atoms. The van der Waals surface area contributed by atoms with Crippen LogP contribution in [-0.2, 0) is 4.79 Å². The van der Waals surface area contributed by atoms with Gasteiger partial charge in [-0.15, -0.1) is 0 Å². The number of amides is 1. The SMILES string of the molecule is C=C1NC(=S)NC(c2ccccc2O)C1C(=O)Nc1ccc(C)cc1. The van der Waals surface area contributed by atoms with E-state index in [9.17, 15) is 9.90 Å². The van der Waals surface area contributed by atoms with E-state index in [0.29, 0.717) is 22.1 Å². The smallest absolute Gasteiger partial charge is 0.235 e. The van der Waals surface area contributed by atoms with Gasteiger partial charge in [0.2, 0.25) is 5.91 Å². The Morgan fingerprint density at radius 3 is 2.56 bits per heavy atom. The molecule has 2 aromatic rings. The summed E-state index contributed by atoms with van der Waals surface area (Å²) >= 11 is 5.19. The molecule has 1 amide bonds. The van der Waals surface area contributed by atoms with Crippen LogP contribution in [0, 0.1) is 12.8 Å². The van der Waals surface area contributed by atoms with Crippen LogP contribution in [0.4, 0.5) is 5.69 Å². The number of thiocarbonyl (C=S) groups is 1. The number of benzene rings is 2. The van der Waals surface area contributed by atoms with E-state index >= 15 is 0 Å². The second-order valence-electron chi connectivity index (χ2n) is 5.99. The molecule has 0 bridgehead atoms. The van der Waals surface area contributed by atoms with E-state index in [4.69, 9.17) is 12.2 Å². The lowest BCUT2D eigenvalue weighted by atomic mass is 9.88. The number of para-hydroxylation sites is 1. The van der Waals surface area contributed by atoms with Crippen LogP contribution in [0.1, 0.15) is 17.2 Å². The number of anilines is 1. The van der Waals surface area contributed by atoms with Crippen LogP contribution in [0.2, 0.25) is 0 Å². The van der Waals surface area contributed by atoms with Gasteiger partial charge in [-0.05, 0) is 37.3 Å². The minimum absolute atomic E-state index is 0.102. The molecule has 1 heterocycles. The summed E-state index contributed by atoms with van der Waals surface area (Å²) in [7, 11) is 0. The Balaban J connectivity index is 1.91. The molecule has 0 radical (unpaired) electrons. The minimum atomic E-state index is -0.638. The number of phenolic OH excluding ortho intramolecular Hbond substituents is 1. The lowest BCUT2D eigenvalue weighted by Gasteiger charge is -2.35. The number of phenols is 1. The molecule has 2 unspecified atom stereocenters. The number of carbonyl (C=O) groups is 1. The molecule has 6 heteroatoms. The molecule has 3 rings (SSSR count). The van der Waals surface area contributed by atoms with Crippen molar-refractivity contribution in [3.63, 3.8) is 0 Å². The van der Waals surface area contributed by atoms with Crippen molar-refractivity contribution in [3.8, 4) is 5.75 Å². The van der Waals surface area contributed by atoms with Crippen molar-refractivity contribution in [2.45, 2.75) is 13.0 Å². The molecular weight excluding hydrogens is 334 g/mol. The van der Waals surface area contributed by atoms with Gasteiger partial charge in [0.05, 0.1) is 6.04 Å². The van der Waals surface area contributed by atoms with Gasteiger partial charge < -0.3 is 21.1 Å². The summed E-state index contributed by atoms with van der Waals surface area (Å²) in [5, 5.41) is 19.4. The molecule has 0 saturated carbocycles. The maximum Gasteiger partial charge on any atom is 0.235 e. The van der Waals surface area contributed by atoms with Crippen LogP contribution in [0.5, 0.6) is 5.75 Å². The lowest BCUT2D eigenvalue weighted by Crippen LogP contribution is -2.51. The molecule has 1 fully saturated rings. The summed E-state index contributed by atoms with van der Waals surface area (Å²) in [6, 6.07) is 13.9. The number of hydrogen-bond donors (Lipinski definition) is 4. The Morgan fingerprint density at radius 2 is 1.88 bits per heavy atom. The first-order valence-electron chi connectivity index (χ1n) is 7.87. The quantitative estimate of drug-likeness (QED) is 0.639. The highest BCUT2D eigenvalue weighted by Crippen LogP contribution is 2.34. The zero-order valence-electron chi connectivity index (χ0n) is 13.7. The van der Waals surface area contributed by atoms with Crippen LogP contribution < -0.4 is 16.0 Å². The van der Waals surface area contributed by atoms with Crippen LogP contribution in [0.15, 0.2) is 60.8 Å². The normalized spacial score (nSPS) is 19.7. The van der Waals surface area contributed by atoms with Crippen molar-refractivity contribution >= 4 is 28.9 Å². The number of hydrogen-bond acceptors (Lipinski definition) is 3. The molecule has 1 saturated heterocycles. The summed E-state index contributed by atoms with van der Waals surface area (Å²) < 4.78 is 0. The van der Waals surface area contributed by atoms with Gasteiger partial charge in [0.15, 0.2) is 5.11 Å². The molecule has 0 aliphatic carbocycles. The van der Waals surface area contributed by atoms with Crippen molar-refractivity contribution in [2.24, 2.45) is 5.92 Å². The van der Waals surface area contributed by atoms with Gasteiger partial charge in [-0.1, -0.05) is 42.5 Å². The van der Waals surface area contributed by atoms with Crippen molar-refractivity contribution in [3.05, 3.63) is 71.9 Å². The second kappa shape index (κ2) is 6.94. The van der Waals surface area contributed by atoms with Gasteiger partial charge in [0.25, 0.3) is 0 Å². The fourth-order valence-electron chi connectivity index (χ4n) is 2.86. The number of aryl methyl sites for hydroxylation is 1. The first-order chi connectivity index (χ1) is 12.0. The van der Waals surface area contributed by atoms with Crippen LogP contribution in [0.3, 0.4) is 0 Å². The largest absolute Gasteiger partial charge is 0.508 e. The summed E-state index contributed by atoms with van der Waals surface area (Å²) in [5.41, 5.74) is 2.89. The molecule has 25 heavy (non-hydrogen) atoms. The number of aromatic hydroxyl groups is 1. The molecule has 2 aromatic carbocycles. The van der Waals surface area contributed by atoms with Gasteiger partial charge >= 0.3 is 0 Å². The average Bonchev–Trinajstić information content (AvgIpc) is 2.56. The van der Waals surface area contributed by atoms with Crippen molar-refractivity contribution in [2.75, 3.05) is 5.32 Å². The first-order valence-corrected chi connectivity index (χ1v) is 8.28. The van der Waals surface area contributed by atoms with Gasteiger partial charge in [-0.2, -0.15) is 0 Å². The van der Waals surface area contributed by atoms with Gasteiger partial charge in [-0.3, -0.25) is 4.79 Å². The van der Waals surface area contributed by atoms with Crippen molar-refractivity contribution < 1.29 is 9.90 Å². The Labute approximate surface area is 151 Å². The number of carbonyl (C=O) groups excluding carboxylic acids is 1. The van der Waals surface area contributed by atoms with E-state index in [1.54, 1.807) is 24.3 Å². The predicted molar refractivity (Wildman–Crippen MR) is 102 cm³/mol. The van der Waals surface area contributed by atoms with E-state index in [1.165, 1.54) is 0 Å². The molecule has 2 atom stereocenters. The maximum absolute atomic E-state index is 12.9. The average molecular weight is 353 g/mol. The molecule has 4 N–H and O–H groups in total. The highest BCUT2D eigenvalue weighted by Gasteiger charge is 2.37. The molecule has 0 aromatic heterocycles. The highest BCUT2D eigenvalue weighted by atomic mass is 32.1. The summed E-state index contributed by atoms with van der Waals surface area (Å²) in [6.07, 6.45) is 0. The standard InChI is InChI=1S/C19H19N3O2S/c1-11-7-9-13(10-8-11)21-18(24)16-12(2)20-19(25)22-17(16)14-5-3-4-6-15(14)23/h3-10,16-17,23H,2H2,1H3,(H,21,24)(H2,20,22,25). The van der Waals surface area contributed by atoms with Gasteiger partial charge in [-0.25, -0.2) is 0 Å². The van der Waals surface area contributed by atoms with Gasteiger partial charge in [0.1, 0.15) is 11.7 Å². The van der Waals surface area contributed by atoms with Crippen LogP contribution >= 0.6 is 12.2 Å². The van der Waals surface area contributed by atoms with Crippen LogP contribution in [-0.4, -0.2) is 16.1 Å². The Bertz CT molecular complexity index is 833. The fourth-order valence-corrected chi connectivity index (χ4v) is 3.12. The molecule has 1 aliphatic heterocycles. The third kappa shape index (κ3) is 3.64. The maximum atomic E-state index is 12.9. The topological polar surface area (TPSA) is 73.4 Å². The summed E-state index contributed by atoms with van der Waals surface area (Å²) in [6.45, 7) is 5.93. The molecule has 5 nitrogen and oxygen atoms in total. The monoisotopic (exact) mass is 353 g/mol. The summed E-state index contributed by atoms with van der Waals surface area (Å²) in [5.74, 6) is -0.767. The minimum Gasteiger partial charge on any atom is -0.508 e. The highest BCUT2D eigenvalue weighted by molar-refractivity contribution is 7.80. The van der Waals surface area contributed by atoms with E-state index < -0.39 is 12.0 Å². The number of rotatable bonds is 3. The molecular formula is C19H19N3O2S. The van der Waals surface area contributed by atoms with E-state index in [2.05, 4.69) is 22.5 Å². The third-order valence-corrected chi connectivity index (χ3v) is 4.36. The Morgan fingerprint density at radius 1 is 1.20 bits per heavy atom. The zero-order chi connectivity index (χ0) is 18.0. The second-order valence-corrected chi connectivity index (χ2v) is 6.40. The zero-order valence-corrected chi connectivity index (χ0v) is 14.6. The van der Waals surface area contributed by atoms with Crippen molar-refractivity contribution in [1.82, 2.24) is 10.6 Å². The van der Waals surface area contributed by atoms with E-state index in [1.807, 2.05) is 31.2 Å². The van der Waals surface area contributed by atoms with Gasteiger partial charge in [0, 0.05) is 16.9 Å². The predicted octanol–water partition coefficient (Wildman–Crippen LogP) is 2.99. The fraction of sp³-hybridized carbons (Fsp3) is 0.158. The summed E-state index contributed by atoms with van der Waals surface area (Å²) in [4.78, 5) is 12.9. The first kappa shape index (κ1) is 17.0. The third-order valence-electron chi connectivity index (χ3n) is 4.14. The van der Waals surface area contributed by atoms with Crippen LogP contribution in [0.25, 0.3) is 0 Å².